The second-order valence-corrected chi connectivity index (χ2v) is 4.69. The molecule has 0 aliphatic carbocycles. The average molecular weight is 264 g/mol. The summed E-state index contributed by atoms with van der Waals surface area (Å²) >= 11 is 0. The van der Waals surface area contributed by atoms with E-state index in [1.54, 1.807) is 0 Å². The summed E-state index contributed by atoms with van der Waals surface area (Å²) in [6.45, 7) is 0.849. The number of hydrogen-bond donors (Lipinski definition) is 3. The van der Waals surface area contributed by atoms with E-state index in [-0.39, 0.29) is 30.5 Å². The molecule has 1 saturated heterocycles. The van der Waals surface area contributed by atoms with E-state index >= 15 is 0 Å². The van der Waals surface area contributed by atoms with Gasteiger partial charge in [0.15, 0.2) is 0 Å². The predicted octanol–water partition coefficient (Wildman–Crippen LogP) is 0.0706. The summed E-state index contributed by atoms with van der Waals surface area (Å²) < 4.78 is 5.32. The van der Waals surface area contributed by atoms with Crippen LogP contribution in [0.4, 0.5) is 0 Å². The number of carbonyl (C=O) groups excluding carboxylic acids is 1. The molecule has 19 heavy (non-hydrogen) atoms. The number of carbonyl (C=O) groups is 1. The van der Waals surface area contributed by atoms with Crippen LogP contribution in [0.25, 0.3) is 0 Å². The van der Waals surface area contributed by atoms with Crippen molar-refractivity contribution in [3.63, 3.8) is 0 Å². The van der Waals surface area contributed by atoms with Crippen LogP contribution in [-0.4, -0.2) is 43.9 Å². The first-order valence-electron chi connectivity index (χ1n) is 6.47. The normalized spacial score (nSPS) is 24.1. The zero-order chi connectivity index (χ0) is 13.7. The third kappa shape index (κ3) is 3.32. The number of amides is 1. The van der Waals surface area contributed by atoms with E-state index in [1.165, 1.54) is 0 Å². The molecule has 2 unspecified atom stereocenters. The van der Waals surface area contributed by atoms with Crippen molar-refractivity contribution in [3.8, 4) is 0 Å². The van der Waals surface area contributed by atoms with Gasteiger partial charge in [-0.05, 0) is 12.6 Å². The Morgan fingerprint density at radius 1 is 1.42 bits per heavy atom. The molecule has 5 heteroatoms. The van der Waals surface area contributed by atoms with Crippen molar-refractivity contribution in [2.24, 2.45) is 5.92 Å². The van der Waals surface area contributed by atoms with Gasteiger partial charge in [-0.1, -0.05) is 30.3 Å². The number of benzene rings is 1. The summed E-state index contributed by atoms with van der Waals surface area (Å²) in [6.07, 6.45) is 0. The van der Waals surface area contributed by atoms with Crippen molar-refractivity contribution in [2.45, 2.75) is 12.1 Å². The van der Waals surface area contributed by atoms with Crippen LogP contribution < -0.4 is 10.6 Å². The summed E-state index contributed by atoms with van der Waals surface area (Å²) in [5.41, 5.74) is 0.901. The lowest BCUT2D eigenvalue weighted by Gasteiger charge is -2.21. The fraction of sp³-hybridized carbons (Fsp3) is 0.500. The van der Waals surface area contributed by atoms with Crippen LogP contribution in [0.15, 0.2) is 30.3 Å². The zero-order valence-corrected chi connectivity index (χ0v) is 11.0. The topological polar surface area (TPSA) is 70.6 Å². The monoisotopic (exact) mass is 264 g/mol. The molecule has 1 aliphatic rings. The van der Waals surface area contributed by atoms with Gasteiger partial charge < -0.3 is 20.5 Å². The number of aliphatic hydroxyl groups is 1. The Balaban J connectivity index is 2.00. The van der Waals surface area contributed by atoms with Crippen molar-refractivity contribution in [1.82, 2.24) is 10.6 Å². The molecule has 0 saturated carbocycles. The Labute approximate surface area is 113 Å². The molecular weight excluding hydrogens is 244 g/mol. The molecule has 1 fully saturated rings. The van der Waals surface area contributed by atoms with Crippen molar-refractivity contribution < 1.29 is 14.6 Å². The van der Waals surface area contributed by atoms with Crippen LogP contribution in [0, 0.1) is 5.92 Å². The molecule has 2 rings (SSSR count). The van der Waals surface area contributed by atoms with Gasteiger partial charge in [-0.2, -0.15) is 0 Å². The number of aliphatic hydroxyl groups excluding tert-OH is 1. The maximum Gasteiger partial charge on any atom is 0.227 e. The zero-order valence-electron chi connectivity index (χ0n) is 11.0. The highest BCUT2D eigenvalue weighted by atomic mass is 16.5. The quantitative estimate of drug-likeness (QED) is 0.704. The summed E-state index contributed by atoms with van der Waals surface area (Å²) in [4.78, 5) is 12.2. The van der Waals surface area contributed by atoms with Gasteiger partial charge in [-0.25, -0.2) is 0 Å². The number of likely N-dealkylation sites (N-methyl/N-ethyl adjacent to an activating group) is 1. The van der Waals surface area contributed by atoms with Crippen molar-refractivity contribution in [3.05, 3.63) is 35.9 Å². The minimum Gasteiger partial charge on any atom is -0.394 e. The molecule has 5 nitrogen and oxygen atoms in total. The van der Waals surface area contributed by atoms with Crippen molar-refractivity contribution in [2.75, 3.05) is 26.9 Å². The lowest BCUT2D eigenvalue weighted by atomic mass is 10.0. The maximum absolute atomic E-state index is 12.2. The Morgan fingerprint density at radius 2 is 2.16 bits per heavy atom. The molecule has 1 aromatic carbocycles. The van der Waals surface area contributed by atoms with Crippen LogP contribution in [0.5, 0.6) is 0 Å². The van der Waals surface area contributed by atoms with Crippen LogP contribution in [0.3, 0.4) is 0 Å². The van der Waals surface area contributed by atoms with E-state index in [0.29, 0.717) is 13.2 Å². The molecule has 0 bridgehead atoms. The van der Waals surface area contributed by atoms with Crippen molar-refractivity contribution >= 4 is 5.91 Å². The highest BCUT2D eigenvalue weighted by Gasteiger charge is 2.33. The third-order valence-corrected chi connectivity index (χ3v) is 3.49. The van der Waals surface area contributed by atoms with Crippen molar-refractivity contribution in [1.29, 1.82) is 0 Å². The average Bonchev–Trinajstić information content (AvgIpc) is 2.94. The van der Waals surface area contributed by atoms with Crippen LogP contribution in [0.2, 0.25) is 0 Å². The minimum atomic E-state index is -0.369. The van der Waals surface area contributed by atoms with Gasteiger partial charge in [0.1, 0.15) is 0 Å². The van der Waals surface area contributed by atoms with Crippen LogP contribution in [-0.2, 0) is 9.53 Å². The number of hydrogen-bond acceptors (Lipinski definition) is 4. The number of ether oxygens (including phenoxy) is 1. The molecule has 0 spiro atoms. The molecule has 1 heterocycles. The first-order valence-corrected chi connectivity index (χ1v) is 6.47. The van der Waals surface area contributed by atoms with E-state index in [0.717, 1.165) is 5.56 Å². The molecule has 1 aromatic rings. The van der Waals surface area contributed by atoms with Gasteiger partial charge in [0.2, 0.25) is 5.91 Å². The fourth-order valence-corrected chi connectivity index (χ4v) is 2.30. The first-order chi connectivity index (χ1) is 9.26. The summed E-state index contributed by atoms with van der Waals surface area (Å²) in [5.74, 6) is -0.289. The minimum absolute atomic E-state index is 0.0371. The van der Waals surface area contributed by atoms with E-state index in [1.807, 2.05) is 37.4 Å². The summed E-state index contributed by atoms with van der Waals surface area (Å²) in [7, 11) is 1.82. The highest BCUT2D eigenvalue weighted by molar-refractivity contribution is 5.80. The Kier molecular flexibility index (Phi) is 4.90. The molecule has 104 valence electrons. The number of rotatable bonds is 5. The molecule has 1 amide bonds. The molecule has 1 aliphatic heterocycles. The van der Waals surface area contributed by atoms with E-state index in [9.17, 15) is 9.90 Å². The second kappa shape index (κ2) is 6.65. The third-order valence-electron chi connectivity index (χ3n) is 3.49. The number of nitrogens with one attached hydrogen (secondary N) is 2. The molecule has 3 atom stereocenters. The smallest absolute Gasteiger partial charge is 0.227 e. The first kappa shape index (κ1) is 14.0. The van der Waals surface area contributed by atoms with Crippen LogP contribution in [0.1, 0.15) is 11.6 Å². The van der Waals surface area contributed by atoms with Gasteiger partial charge >= 0.3 is 0 Å². The Morgan fingerprint density at radius 3 is 2.79 bits per heavy atom. The Bertz CT molecular complexity index is 410. The largest absolute Gasteiger partial charge is 0.394 e. The standard InChI is InChI=1S/C14H20N2O3/c1-15-13-9-19-8-11(13)14(18)16-12(7-17)10-5-3-2-4-6-10/h2-6,11-13,15,17H,7-9H2,1H3,(H,16,18)/t11?,12-,13?/m0/s1. The van der Waals surface area contributed by atoms with Crippen LogP contribution >= 0.6 is 0 Å². The summed E-state index contributed by atoms with van der Waals surface area (Å²) in [6, 6.07) is 9.13. The van der Waals surface area contributed by atoms with Gasteiger partial charge in [-0.15, -0.1) is 0 Å². The lowest BCUT2D eigenvalue weighted by Crippen LogP contribution is -2.44. The van der Waals surface area contributed by atoms with Gasteiger partial charge in [0.05, 0.1) is 31.8 Å². The Hall–Kier alpha value is -1.43. The molecule has 0 radical (unpaired) electrons. The molecular formula is C14H20N2O3. The van der Waals surface area contributed by atoms with E-state index in [4.69, 9.17) is 4.74 Å². The molecule has 0 aromatic heterocycles. The van der Waals surface area contributed by atoms with Gasteiger partial charge in [-0.3, -0.25) is 4.79 Å². The molecule has 3 N–H and O–H groups in total. The van der Waals surface area contributed by atoms with Gasteiger partial charge in [0, 0.05) is 6.04 Å². The fourth-order valence-electron chi connectivity index (χ4n) is 2.30. The van der Waals surface area contributed by atoms with E-state index < -0.39 is 0 Å². The van der Waals surface area contributed by atoms with E-state index in [2.05, 4.69) is 10.6 Å². The lowest BCUT2D eigenvalue weighted by molar-refractivity contribution is -0.126. The predicted molar refractivity (Wildman–Crippen MR) is 71.6 cm³/mol. The van der Waals surface area contributed by atoms with Gasteiger partial charge in [0.25, 0.3) is 0 Å². The maximum atomic E-state index is 12.2. The highest BCUT2D eigenvalue weighted by Crippen LogP contribution is 2.17. The second-order valence-electron chi connectivity index (χ2n) is 4.69. The SMILES string of the molecule is CNC1COCC1C(=O)N[C@@H](CO)c1ccccc1. The summed E-state index contributed by atoms with van der Waals surface area (Å²) in [5, 5.41) is 15.4.